The van der Waals surface area contributed by atoms with Gasteiger partial charge in [-0.2, -0.15) is 0 Å². The average Bonchev–Trinajstić information content (AvgIpc) is 2.06. The Morgan fingerprint density at radius 1 is 1.42 bits per heavy atom. The van der Waals surface area contributed by atoms with Gasteiger partial charge in [0.15, 0.2) is 0 Å². The standard InChI is InChI=1S/C8H17.Nd.HO2P/c1-3-5-7-8-6-4-2;;1-3-2/h5H,3-4,6-8H2,1-2H3;;(H,1,2). The molecule has 1 atom stereocenters. The molecule has 0 heterocycles. The molecule has 2 nitrogen and oxygen atoms in total. The largest absolute Gasteiger partial charge is 0.324 e. The van der Waals surface area contributed by atoms with Gasteiger partial charge in [-0.15, -0.1) is 0 Å². The maximum Gasteiger partial charge on any atom is 0.324 e. The monoisotopic (exact) mass is 319 g/mol. The summed E-state index contributed by atoms with van der Waals surface area (Å²) in [5, 5.41) is 0. The van der Waals surface area contributed by atoms with Crippen LogP contribution in [0.5, 0.6) is 0 Å². The molecule has 0 saturated heterocycles. The number of hydrogen-bond acceptors (Lipinski definition) is 1. The van der Waals surface area contributed by atoms with E-state index in [1.807, 2.05) is 0 Å². The quantitative estimate of drug-likeness (QED) is 0.621. The van der Waals surface area contributed by atoms with Gasteiger partial charge in [0.2, 0.25) is 0 Å². The van der Waals surface area contributed by atoms with Crippen LogP contribution >= 0.6 is 8.69 Å². The van der Waals surface area contributed by atoms with Gasteiger partial charge < -0.3 is 4.89 Å². The van der Waals surface area contributed by atoms with E-state index in [2.05, 4.69) is 13.8 Å². The third-order valence-electron chi connectivity index (χ3n) is 1.65. The Morgan fingerprint density at radius 3 is 2.25 bits per heavy atom. The van der Waals surface area contributed by atoms with E-state index in [-0.39, 0.29) is 0 Å². The Balaban J connectivity index is 0. The molecule has 0 fully saturated rings. The number of unbranched alkanes of at least 4 members (excludes halogenated alkanes) is 2. The summed E-state index contributed by atoms with van der Waals surface area (Å²) in [6, 6.07) is 0. The van der Waals surface area contributed by atoms with Crippen LogP contribution in [0.2, 0.25) is 1.57 Å². The predicted octanol–water partition coefficient (Wildman–Crippen LogP) is 3.50. The van der Waals surface area contributed by atoms with E-state index in [1.165, 1.54) is 70.9 Å². The molecule has 0 aromatic rings. The van der Waals surface area contributed by atoms with E-state index in [9.17, 15) is 0 Å². The van der Waals surface area contributed by atoms with Crippen molar-refractivity contribution in [3.05, 3.63) is 0 Å². The Hall–Kier alpha value is 1.41. The van der Waals surface area contributed by atoms with Gasteiger partial charge in [0.1, 0.15) is 0 Å². The fraction of sp³-hybridized carbons (Fsp3) is 1.00. The summed E-state index contributed by atoms with van der Waals surface area (Å²) in [5.41, 5.74) is 0. The zero-order valence-corrected chi connectivity index (χ0v) is 12.0. The van der Waals surface area contributed by atoms with Crippen LogP contribution in [0.15, 0.2) is 0 Å². The van der Waals surface area contributed by atoms with Crippen molar-refractivity contribution in [2.45, 2.75) is 47.5 Å². The van der Waals surface area contributed by atoms with Gasteiger partial charge in [0.25, 0.3) is 0 Å². The van der Waals surface area contributed by atoms with Crippen LogP contribution in [-0.4, -0.2) is 4.89 Å². The first-order chi connectivity index (χ1) is 5.72. The van der Waals surface area contributed by atoms with Crippen molar-refractivity contribution in [1.29, 1.82) is 0 Å². The van der Waals surface area contributed by atoms with E-state index in [0.717, 1.165) is 1.57 Å². The molecule has 0 bridgehead atoms. The Kier molecular flexibility index (Phi) is 19.7. The topological polar surface area (TPSA) is 37.3 Å². The van der Waals surface area contributed by atoms with E-state index in [1.54, 1.807) is 0 Å². The smallest absolute Gasteiger partial charge is 0.310 e. The van der Waals surface area contributed by atoms with Gasteiger partial charge in [-0.3, -0.25) is 0 Å². The zero-order valence-electron chi connectivity index (χ0n) is 7.92. The second-order valence-corrected chi connectivity index (χ2v) is 5.47. The molecule has 0 amide bonds. The van der Waals surface area contributed by atoms with E-state index in [0.29, 0.717) is 0 Å². The maximum absolute atomic E-state index is 8.46. The van der Waals surface area contributed by atoms with Gasteiger partial charge in [-0.05, 0) is 0 Å². The molecule has 0 rings (SSSR count). The fourth-order valence-corrected chi connectivity index (χ4v) is 1.50. The molecule has 4 heteroatoms. The molecule has 0 aromatic carbocycles. The molecule has 0 radical (unpaired) electrons. The number of hydrogen-bond donors (Lipinski definition) is 1. The Labute approximate surface area is 103 Å². The molecular weight excluding hydrogens is 303 g/mol. The van der Waals surface area contributed by atoms with Crippen LogP contribution in [-0.2, 0) is 4.57 Å². The van der Waals surface area contributed by atoms with Gasteiger partial charge in [-0.1, -0.05) is 0 Å². The molecule has 0 spiro atoms. The normalized spacial score (nSPS) is 11.8. The molecule has 0 aromatic heterocycles. The first-order valence-electron chi connectivity index (χ1n) is 4.40. The third-order valence-corrected chi connectivity index (χ3v) is 3.88. The van der Waals surface area contributed by atoms with Crippen LogP contribution < -0.4 is 0 Å². The zero-order chi connectivity index (χ0) is 9.82. The molecular formula is C8H18NdO2P. The summed E-state index contributed by atoms with van der Waals surface area (Å²) >= 11 is 1.41. The fourth-order valence-electron chi connectivity index (χ4n) is 0.845. The van der Waals surface area contributed by atoms with Crippen LogP contribution in [0.1, 0.15) is 46.0 Å². The summed E-state index contributed by atoms with van der Waals surface area (Å²) in [4.78, 5) is 6.99. The molecule has 0 aliphatic carbocycles. The van der Waals surface area contributed by atoms with Crippen molar-refractivity contribution in [3.63, 3.8) is 0 Å². The van der Waals surface area contributed by atoms with Gasteiger partial charge >= 0.3 is 95.0 Å². The molecule has 71 valence electrons. The van der Waals surface area contributed by atoms with Crippen molar-refractivity contribution in [2.24, 2.45) is 0 Å². The van der Waals surface area contributed by atoms with Crippen LogP contribution in [0.4, 0.5) is 0 Å². The van der Waals surface area contributed by atoms with Crippen LogP contribution in [0.25, 0.3) is 0 Å². The summed E-state index contributed by atoms with van der Waals surface area (Å²) in [6.07, 6.45) is 7.20. The predicted molar refractivity (Wildman–Crippen MR) is 48.0 cm³/mol. The van der Waals surface area contributed by atoms with Crippen molar-refractivity contribution >= 4 is 8.69 Å². The van der Waals surface area contributed by atoms with Crippen molar-refractivity contribution in [1.82, 2.24) is 0 Å². The van der Waals surface area contributed by atoms with Crippen molar-refractivity contribution in [2.75, 3.05) is 0 Å². The first kappa shape index (κ1) is 15.9. The van der Waals surface area contributed by atoms with Gasteiger partial charge in [0.05, 0.1) is 0 Å². The molecule has 12 heavy (non-hydrogen) atoms. The first-order valence-corrected chi connectivity index (χ1v) is 7.02. The van der Waals surface area contributed by atoms with E-state index < -0.39 is 8.69 Å². The van der Waals surface area contributed by atoms with Crippen LogP contribution in [0.3, 0.4) is 0 Å². The van der Waals surface area contributed by atoms with E-state index in [4.69, 9.17) is 9.46 Å². The minimum absolute atomic E-state index is 0.833. The minimum atomic E-state index is -0.833. The second-order valence-electron chi connectivity index (χ2n) is 2.68. The van der Waals surface area contributed by atoms with Crippen molar-refractivity contribution < 1.29 is 48.2 Å². The van der Waals surface area contributed by atoms with Gasteiger partial charge in [-0.25, -0.2) is 4.57 Å². The summed E-state index contributed by atoms with van der Waals surface area (Å²) in [5.74, 6) is 0. The molecule has 0 aliphatic rings. The second kappa shape index (κ2) is 14.9. The SMILES string of the molecule is CCCCC[CH]([Nd])CC.O=PO. The average molecular weight is 321 g/mol. The molecule has 1 N–H and O–H groups in total. The Bertz CT molecular complexity index is 91.1. The van der Waals surface area contributed by atoms with E-state index >= 15 is 0 Å². The molecule has 0 saturated carbocycles. The molecule has 1 unspecified atom stereocenters. The number of rotatable bonds is 5. The summed E-state index contributed by atoms with van der Waals surface area (Å²) in [6.45, 7) is 4.58. The van der Waals surface area contributed by atoms with Gasteiger partial charge in [0, 0.05) is 0 Å². The summed E-state index contributed by atoms with van der Waals surface area (Å²) < 4.78 is 9.55. The third kappa shape index (κ3) is 17.5. The Morgan fingerprint density at radius 2 is 1.92 bits per heavy atom. The maximum atomic E-state index is 8.46. The molecule has 0 aliphatic heterocycles. The van der Waals surface area contributed by atoms with Crippen LogP contribution in [0, 0.1) is 38.8 Å². The summed E-state index contributed by atoms with van der Waals surface area (Å²) in [7, 11) is -0.833. The van der Waals surface area contributed by atoms with Crippen molar-refractivity contribution in [3.8, 4) is 0 Å². The minimum Gasteiger partial charge on any atom is -0.310 e.